The van der Waals surface area contributed by atoms with Gasteiger partial charge in [-0.25, -0.2) is 0 Å². The van der Waals surface area contributed by atoms with Gasteiger partial charge in [0.1, 0.15) is 0 Å². The van der Waals surface area contributed by atoms with E-state index in [9.17, 15) is 9.12 Å². The third kappa shape index (κ3) is 1.14. The molecular formula is C4H6NO2PS. The second-order valence-electron chi connectivity index (χ2n) is 2.20. The maximum absolute atomic E-state index is 10.6. The molecule has 3 nitrogen and oxygen atoms in total. The minimum atomic E-state index is -1.17. The van der Waals surface area contributed by atoms with Gasteiger partial charge in [0.25, 0.3) is 0 Å². The van der Waals surface area contributed by atoms with Gasteiger partial charge in [-0.3, -0.25) is 0 Å². The summed E-state index contributed by atoms with van der Waals surface area (Å²) in [6.45, 7) is 1.85. The van der Waals surface area contributed by atoms with Gasteiger partial charge < -0.3 is 0 Å². The van der Waals surface area contributed by atoms with Gasteiger partial charge in [0, 0.05) is 0 Å². The number of nitrogens with zero attached hydrogens (tertiary/aromatic N) is 1. The molecule has 0 N–H and O–H groups in total. The average molecular weight is 163 g/mol. The van der Waals surface area contributed by atoms with Crippen molar-refractivity contribution in [2.24, 2.45) is 11.1 Å². The summed E-state index contributed by atoms with van der Waals surface area (Å²) in [5.41, 5.74) is 0. The Balaban J connectivity index is 2.65. The van der Waals surface area contributed by atoms with E-state index in [2.05, 4.69) is 13.0 Å². The van der Waals surface area contributed by atoms with Crippen molar-refractivity contribution in [1.82, 2.24) is 0 Å². The van der Waals surface area contributed by atoms with Crippen LogP contribution in [0.1, 0.15) is 6.92 Å². The molecule has 5 heteroatoms. The molecule has 1 aliphatic rings. The van der Waals surface area contributed by atoms with E-state index in [0.29, 0.717) is 0 Å². The molecule has 3 atom stereocenters. The van der Waals surface area contributed by atoms with E-state index in [-0.39, 0.29) is 17.2 Å². The number of hydrogen-bond acceptors (Lipinski definition) is 3. The van der Waals surface area contributed by atoms with Gasteiger partial charge in [-0.05, 0) is 0 Å². The van der Waals surface area contributed by atoms with Crippen molar-refractivity contribution in [2.75, 3.05) is 0 Å². The number of nitroso groups, excluding NO2 is 1. The fraction of sp³-hybridized carbons (Fsp3) is 1.00. The molecule has 0 amide bonds. The predicted molar refractivity (Wildman–Crippen MR) is 37.6 cm³/mol. The summed E-state index contributed by atoms with van der Waals surface area (Å²) in [5.74, 6) is 0.167. The van der Waals surface area contributed by atoms with Gasteiger partial charge in [0.05, 0.1) is 0 Å². The molecule has 0 radical (unpaired) electrons. The van der Waals surface area contributed by atoms with Crippen LogP contribution in [-0.2, 0) is 9.78 Å². The van der Waals surface area contributed by atoms with Gasteiger partial charge in [0.2, 0.25) is 0 Å². The van der Waals surface area contributed by atoms with Gasteiger partial charge in [-0.15, -0.1) is 0 Å². The average Bonchev–Trinajstić information content (AvgIpc) is 2.40. The van der Waals surface area contributed by atoms with E-state index in [4.69, 9.17) is 0 Å². The molecule has 1 aliphatic carbocycles. The Morgan fingerprint density at radius 1 is 1.67 bits per heavy atom. The zero-order valence-corrected chi connectivity index (χ0v) is 6.56. The van der Waals surface area contributed by atoms with Crippen LogP contribution in [0.25, 0.3) is 0 Å². The summed E-state index contributed by atoms with van der Waals surface area (Å²) in [4.78, 5) is 9.87. The van der Waals surface area contributed by atoms with E-state index in [1.54, 1.807) is 0 Å². The van der Waals surface area contributed by atoms with Gasteiger partial charge >= 0.3 is 56.0 Å². The van der Waals surface area contributed by atoms with Crippen LogP contribution in [-0.4, -0.2) is 15.5 Å². The number of hydrogen-bond donors (Lipinski definition) is 0. The van der Waals surface area contributed by atoms with Crippen LogP contribution < -0.4 is 0 Å². The molecule has 0 heterocycles. The molecule has 1 saturated carbocycles. The first-order valence-corrected chi connectivity index (χ1v) is 4.87. The van der Waals surface area contributed by atoms with Gasteiger partial charge in [-0.1, -0.05) is 0 Å². The zero-order valence-electron chi connectivity index (χ0n) is 4.85. The standard InChI is InChI=1S/C4H6NO2PS/c1-2-3(5-6)4(2)9(7)8/h2-4H,1H3/t2-,3?,4?/m1/s1. The first kappa shape index (κ1) is 7.16. The van der Waals surface area contributed by atoms with Crippen LogP contribution in [0.3, 0.4) is 0 Å². The molecule has 0 aromatic rings. The second kappa shape index (κ2) is 2.35. The molecule has 0 aliphatic heterocycles. The minimum absolute atomic E-state index is 0.0918. The topological polar surface area (TPSA) is 46.5 Å². The van der Waals surface area contributed by atoms with Crippen molar-refractivity contribution in [3.8, 4) is 0 Å². The Labute approximate surface area is 56.7 Å². The van der Waals surface area contributed by atoms with Gasteiger partial charge in [-0.2, -0.15) is 0 Å². The Bertz CT molecular complexity index is 246. The van der Waals surface area contributed by atoms with Gasteiger partial charge in [0.15, 0.2) is 0 Å². The Hall–Kier alpha value is 0.0500. The van der Waals surface area contributed by atoms with Crippen LogP contribution >= 0.6 is 7.81 Å². The normalized spacial score (nSPS) is 39.8. The second-order valence-corrected chi connectivity index (χ2v) is 4.37. The fourth-order valence-electron chi connectivity index (χ4n) is 0.865. The van der Waals surface area contributed by atoms with E-state index in [0.717, 1.165) is 0 Å². The SMILES string of the molecule is C[C@@H]1C(N=O)C1S(=O)#P. The summed E-state index contributed by atoms with van der Waals surface area (Å²) in [6.07, 6.45) is 0. The molecular weight excluding hydrogens is 157 g/mol. The summed E-state index contributed by atoms with van der Waals surface area (Å²) >= 11 is 0. The Kier molecular flexibility index (Phi) is 1.87. The van der Waals surface area contributed by atoms with Crippen molar-refractivity contribution in [3.63, 3.8) is 0 Å². The van der Waals surface area contributed by atoms with Crippen LogP contribution in [0.4, 0.5) is 0 Å². The van der Waals surface area contributed by atoms with Crippen LogP contribution in [0.5, 0.6) is 0 Å². The summed E-state index contributed by atoms with van der Waals surface area (Å²) in [5, 5.41) is 2.70. The van der Waals surface area contributed by atoms with Crippen molar-refractivity contribution in [2.45, 2.75) is 18.2 Å². The van der Waals surface area contributed by atoms with E-state index >= 15 is 0 Å². The van der Waals surface area contributed by atoms with Crippen LogP contribution in [0.2, 0.25) is 0 Å². The molecule has 2 unspecified atom stereocenters. The zero-order chi connectivity index (χ0) is 7.02. The van der Waals surface area contributed by atoms with Crippen LogP contribution in [0, 0.1) is 10.8 Å². The summed E-state index contributed by atoms with van der Waals surface area (Å²) in [6, 6.07) is -0.247. The van der Waals surface area contributed by atoms with E-state index in [1.807, 2.05) is 6.92 Å². The summed E-state index contributed by atoms with van der Waals surface area (Å²) in [7, 11) is 2.54. The maximum atomic E-state index is 10.6. The molecule has 0 saturated heterocycles. The van der Waals surface area contributed by atoms with E-state index in [1.165, 1.54) is 0 Å². The molecule has 0 aromatic carbocycles. The molecule has 9 heavy (non-hydrogen) atoms. The molecule has 0 spiro atoms. The van der Waals surface area contributed by atoms with E-state index < -0.39 is 9.78 Å². The molecule has 0 aromatic heterocycles. The Morgan fingerprint density at radius 2 is 2.22 bits per heavy atom. The molecule has 0 bridgehead atoms. The van der Waals surface area contributed by atoms with Crippen molar-refractivity contribution >= 4 is 17.6 Å². The Morgan fingerprint density at radius 3 is 2.33 bits per heavy atom. The van der Waals surface area contributed by atoms with Crippen molar-refractivity contribution < 1.29 is 4.21 Å². The quantitative estimate of drug-likeness (QED) is 0.431. The first-order valence-electron chi connectivity index (χ1n) is 2.60. The van der Waals surface area contributed by atoms with Crippen LogP contribution in [0.15, 0.2) is 5.18 Å². The predicted octanol–water partition coefficient (Wildman–Crippen LogP) is 1.21. The third-order valence-corrected chi connectivity index (χ3v) is 3.51. The molecule has 50 valence electrons. The number of rotatable bonds is 1. The van der Waals surface area contributed by atoms with Crippen molar-refractivity contribution in [3.05, 3.63) is 4.91 Å². The first-order chi connectivity index (χ1) is 4.18. The monoisotopic (exact) mass is 163 g/mol. The third-order valence-electron chi connectivity index (χ3n) is 1.61. The summed E-state index contributed by atoms with van der Waals surface area (Å²) < 4.78 is 10.6. The fourth-order valence-corrected chi connectivity index (χ4v) is 2.79. The molecule has 1 fully saturated rings. The van der Waals surface area contributed by atoms with Crippen molar-refractivity contribution in [1.29, 1.82) is 0 Å². The molecule has 1 rings (SSSR count).